The van der Waals surface area contributed by atoms with Crippen molar-refractivity contribution in [3.05, 3.63) is 41.0 Å². The molecule has 3 rings (SSSR count). The summed E-state index contributed by atoms with van der Waals surface area (Å²) in [6.45, 7) is 5.54. The van der Waals surface area contributed by atoms with Gasteiger partial charge >= 0.3 is 12.1 Å². The first kappa shape index (κ1) is 22.7. The lowest BCUT2D eigenvalue weighted by Gasteiger charge is -2.32. The van der Waals surface area contributed by atoms with E-state index in [0.29, 0.717) is 35.5 Å². The summed E-state index contributed by atoms with van der Waals surface area (Å²) in [5.41, 5.74) is 0.716. The molecule has 2 aromatic rings. The smallest absolute Gasteiger partial charge is 0.392 e. The van der Waals surface area contributed by atoms with Gasteiger partial charge in [-0.15, -0.1) is 0 Å². The van der Waals surface area contributed by atoms with Crippen molar-refractivity contribution < 1.29 is 22.7 Å². The number of aromatic nitrogens is 2. The van der Waals surface area contributed by atoms with Gasteiger partial charge in [-0.05, 0) is 39.7 Å². The third-order valence-corrected chi connectivity index (χ3v) is 5.84. The molecule has 8 heteroatoms. The maximum atomic E-state index is 13.3. The fourth-order valence-electron chi connectivity index (χ4n) is 3.82. The van der Waals surface area contributed by atoms with Crippen LogP contribution >= 0.6 is 11.6 Å². The Bertz CT molecular complexity index is 903. The van der Waals surface area contributed by atoms with Crippen LogP contribution in [-0.2, 0) is 10.3 Å². The SMILES string of the molecule is CC(C)(C)n1cc(C(=O)OCC2CCCCC2C(F)(F)F)c(-c2ccccc2Cl)n1. The number of esters is 1. The molecule has 0 amide bonds. The molecule has 1 aromatic heterocycles. The largest absolute Gasteiger partial charge is 0.462 e. The van der Waals surface area contributed by atoms with E-state index in [1.807, 2.05) is 20.8 Å². The lowest BCUT2D eigenvalue weighted by molar-refractivity contribution is -0.199. The minimum atomic E-state index is -4.28. The number of nitrogens with zero attached hydrogens (tertiary/aromatic N) is 2. The Morgan fingerprint density at radius 2 is 1.87 bits per heavy atom. The fraction of sp³-hybridized carbons (Fsp3) is 0.545. The molecule has 30 heavy (non-hydrogen) atoms. The second-order valence-corrected chi connectivity index (χ2v) is 9.18. The topological polar surface area (TPSA) is 44.1 Å². The number of carbonyl (C=O) groups is 1. The van der Waals surface area contributed by atoms with Gasteiger partial charge in [-0.1, -0.05) is 42.6 Å². The quantitative estimate of drug-likeness (QED) is 0.509. The van der Waals surface area contributed by atoms with Crippen molar-refractivity contribution in [2.75, 3.05) is 6.61 Å². The molecule has 1 saturated carbocycles. The summed E-state index contributed by atoms with van der Waals surface area (Å²) in [7, 11) is 0. The highest BCUT2D eigenvalue weighted by Gasteiger charge is 2.45. The van der Waals surface area contributed by atoms with E-state index >= 15 is 0 Å². The van der Waals surface area contributed by atoms with E-state index in [9.17, 15) is 18.0 Å². The zero-order valence-electron chi connectivity index (χ0n) is 17.3. The second kappa shape index (κ2) is 8.61. The van der Waals surface area contributed by atoms with Gasteiger partial charge in [0, 0.05) is 17.7 Å². The van der Waals surface area contributed by atoms with Gasteiger partial charge in [-0.3, -0.25) is 4.68 Å². The van der Waals surface area contributed by atoms with Gasteiger partial charge in [0.15, 0.2) is 0 Å². The Balaban J connectivity index is 1.86. The number of alkyl halides is 3. The summed E-state index contributed by atoms with van der Waals surface area (Å²) in [6.07, 6.45) is -0.972. The van der Waals surface area contributed by atoms with Gasteiger partial charge in [-0.25, -0.2) is 4.79 Å². The third-order valence-electron chi connectivity index (χ3n) is 5.51. The van der Waals surface area contributed by atoms with E-state index in [0.717, 1.165) is 0 Å². The van der Waals surface area contributed by atoms with Crippen molar-refractivity contribution in [2.24, 2.45) is 11.8 Å². The summed E-state index contributed by atoms with van der Waals surface area (Å²) in [6, 6.07) is 6.99. The highest BCUT2D eigenvalue weighted by Crippen LogP contribution is 2.41. The van der Waals surface area contributed by atoms with Crippen LogP contribution in [0.5, 0.6) is 0 Å². The molecule has 1 aliphatic carbocycles. The Morgan fingerprint density at radius 3 is 2.50 bits per heavy atom. The van der Waals surface area contributed by atoms with Crippen LogP contribution in [-0.4, -0.2) is 28.5 Å². The average molecular weight is 443 g/mol. The summed E-state index contributed by atoms with van der Waals surface area (Å²) < 4.78 is 47.0. The van der Waals surface area contributed by atoms with Crippen LogP contribution in [0.4, 0.5) is 13.2 Å². The van der Waals surface area contributed by atoms with Crippen LogP contribution < -0.4 is 0 Å². The number of benzene rings is 1. The normalized spacial score (nSPS) is 20.2. The second-order valence-electron chi connectivity index (χ2n) is 8.78. The summed E-state index contributed by atoms with van der Waals surface area (Å²) in [5.74, 6) is -2.84. The Kier molecular flexibility index (Phi) is 6.51. The molecule has 1 aromatic carbocycles. The molecule has 1 fully saturated rings. The minimum absolute atomic E-state index is 0.0819. The molecule has 0 radical (unpaired) electrons. The molecule has 0 N–H and O–H groups in total. The molecule has 0 spiro atoms. The van der Waals surface area contributed by atoms with E-state index in [1.165, 1.54) is 0 Å². The maximum Gasteiger partial charge on any atom is 0.392 e. The third kappa shape index (κ3) is 4.99. The van der Waals surface area contributed by atoms with Gasteiger partial charge in [0.25, 0.3) is 0 Å². The van der Waals surface area contributed by atoms with Gasteiger partial charge in [0.05, 0.1) is 23.1 Å². The average Bonchev–Trinajstić information content (AvgIpc) is 3.12. The van der Waals surface area contributed by atoms with Crippen molar-refractivity contribution in [1.82, 2.24) is 9.78 Å². The van der Waals surface area contributed by atoms with Crippen molar-refractivity contribution in [2.45, 2.75) is 58.2 Å². The molecule has 0 saturated heterocycles. The maximum absolute atomic E-state index is 13.3. The molecule has 2 atom stereocenters. The monoisotopic (exact) mass is 442 g/mol. The first-order chi connectivity index (χ1) is 14.0. The fourth-order valence-corrected chi connectivity index (χ4v) is 4.04. The molecule has 4 nitrogen and oxygen atoms in total. The van der Waals surface area contributed by atoms with Crippen molar-refractivity contribution >= 4 is 17.6 Å². The van der Waals surface area contributed by atoms with E-state index in [-0.39, 0.29) is 18.6 Å². The van der Waals surface area contributed by atoms with E-state index in [2.05, 4.69) is 5.10 Å². The molecule has 1 aliphatic rings. The van der Waals surface area contributed by atoms with Gasteiger partial charge in [0.2, 0.25) is 0 Å². The minimum Gasteiger partial charge on any atom is -0.462 e. The zero-order chi connectivity index (χ0) is 22.1. The van der Waals surface area contributed by atoms with Crippen molar-refractivity contribution in [3.63, 3.8) is 0 Å². The van der Waals surface area contributed by atoms with E-state index in [1.54, 1.807) is 35.1 Å². The van der Waals surface area contributed by atoms with Crippen LogP contribution in [0.15, 0.2) is 30.5 Å². The number of rotatable bonds is 4. The lowest BCUT2D eigenvalue weighted by atomic mass is 9.79. The molecular weight excluding hydrogens is 417 g/mol. The first-order valence-corrected chi connectivity index (χ1v) is 10.4. The molecule has 1 heterocycles. The van der Waals surface area contributed by atoms with Crippen LogP contribution in [0.2, 0.25) is 5.02 Å². The molecule has 0 bridgehead atoms. The summed E-state index contributed by atoms with van der Waals surface area (Å²) in [4.78, 5) is 12.9. The zero-order valence-corrected chi connectivity index (χ0v) is 18.1. The van der Waals surface area contributed by atoms with Crippen molar-refractivity contribution in [1.29, 1.82) is 0 Å². The molecule has 2 unspecified atom stereocenters. The first-order valence-electron chi connectivity index (χ1n) is 10.1. The van der Waals surface area contributed by atoms with Crippen molar-refractivity contribution in [3.8, 4) is 11.3 Å². The predicted molar refractivity (Wildman–Crippen MR) is 109 cm³/mol. The number of halogens is 4. The Labute approximate surface area is 179 Å². The van der Waals surface area contributed by atoms with Gasteiger partial charge < -0.3 is 4.74 Å². The van der Waals surface area contributed by atoms with E-state index < -0.39 is 29.5 Å². The van der Waals surface area contributed by atoms with Gasteiger partial charge in [-0.2, -0.15) is 18.3 Å². The van der Waals surface area contributed by atoms with Crippen LogP contribution in [0.25, 0.3) is 11.3 Å². The molecule has 164 valence electrons. The molecular formula is C22H26ClF3N2O2. The highest BCUT2D eigenvalue weighted by atomic mass is 35.5. The van der Waals surface area contributed by atoms with Crippen LogP contribution in [0, 0.1) is 11.8 Å². The number of carbonyl (C=O) groups excluding carboxylic acids is 1. The Morgan fingerprint density at radius 1 is 1.20 bits per heavy atom. The Hall–Kier alpha value is -2.02. The van der Waals surface area contributed by atoms with Crippen LogP contribution in [0.1, 0.15) is 56.8 Å². The number of hydrogen-bond donors (Lipinski definition) is 0. The van der Waals surface area contributed by atoms with Gasteiger partial charge in [0.1, 0.15) is 11.3 Å². The summed E-state index contributed by atoms with van der Waals surface area (Å²) >= 11 is 6.30. The highest BCUT2D eigenvalue weighted by molar-refractivity contribution is 6.33. The summed E-state index contributed by atoms with van der Waals surface area (Å²) in [5, 5.41) is 4.96. The standard InChI is InChI=1S/C22H26ClF3N2O2/c1-21(2,3)28-12-16(19(27-28)15-9-5-7-11-18(15)23)20(29)30-13-14-8-4-6-10-17(14)22(24,25)26/h5,7,9,11-12,14,17H,4,6,8,10,13H2,1-3H3. The lowest BCUT2D eigenvalue weighted by Crippen LogP contribution is -2.35. The number of hydrogen-bond acceptors (Lipinski definition) is 3. The predicted octanol–water partition coefficient (Wildman–Crippen LogP) is 6.48. The van der Waals surface area contributed by atoms with E-state index in [4.69, 9.17) is 16.3 Å². The number of ether oxygens (including phenoxy) is 1. The van der Waals surface area contributed by atoms with Crippen LogP contribution in [0.3, 0.4) is 0 Å². The molecule has 0 aliphatic heterocycles.